The molecular formula is C13H21N3O2. The number of ether oxygens (including phenoxy) is 1. The molecule has 0 heterocycles. The molecule has 0 saturated heterocycles. The van der Waals surface area contributed by atoms with Crippen LogP contribution in [0.5, 0.6) is 0 Å². The standard InChI is InChI=1S/C13H21N3O2/c1-10(2)9-18-8-7-15-13(17)16-12-5-3-11(14)4-6-12/h3-6,10H,7-9,14H2,1-2H3,(H2,15,16,17). The molecule has 0 aromatic heterocycles. The van der Waals surface area contributed by atoms with Gasteiger partial charge in [0.1, 0.15) is 0 Å². The van der Waals surface area contributed by atoms with Gasteiger partial charge in [0.05, 0.1) is 6.61 Å². The van der Waals surface area contributed by atoms with Gasteiger partial charge < -0.3 is 21.1 Å². The van der Waals surface area contributed by atoms with Crippen molar-refractivity contribution < 1.29 is 9.53 Å². The van der Waals surface area contributed by atoms with Gasteiger partial charge in [-0.25, -0.2) is 4.79 Å². The van der Waals surface area contributed by atoms with Crippen molar-refractivity contribution in [3.05, 3.63) is 24.3 Å². The number of hydrogen-bond donors (Lipinski definition) is 3. The third kappa shape index (κ3) is 6.10. The van der Waals surface area contributed by atoms with Crippen LogP contribution in [-0.2, 0) is 4.74 Å². The summed E-state index contributed by atoms with van der Waals surface area (Å²) in [4.78, 5) is 11.5. The minimum Gasteiger partial charge on any atom is -0.399 e. The highest BCUT2D eigenvalue weighted by Gasteiger charge is 2.00. The van der Waals surface area contributed by atoms with Gasteiger partial charge in [0, 0.05) is 24.5 Å². The monoisotopic (exact) mass is 251 g/mol. The molecule has 0 aliphatic rings. The third-order valence-electron chi connectivity index (χ3n) is 2.15. The fourth-order valence-corrected chi connectivity index (χ4v) is 1.30. The van der Waals surface area contributed by atoms with Crippen molar-refractivity contribution >= 4 is 17.4 Å². The minimum absolute atomic E-state index is 0.243. The molecule has 0 fully saturated rings. The summed E-state index contributed by atoms with van der Waals surface area (Å²) < 4.78 is 5.35. The van der Waals surface area contributed by atoms with Crippen LogP contribution in [-0.4, -0.2) is 25.8 Å². The molecule has 18 heavy (non-hydrogen) atoms. The number of anilines is 2. The van der Waals surface area contributed by atoms with Crippen LogP contribution >= 0.6 is 0 Å². The molecule has 0 aliphatic carbocycles. The number of rotatable bonds is 6. The van der Waals surface area contributed by atoms with Gasteiger partial charge in [0.15, 0.2) is 0 Å². The summed E-state index contributed by atoms with van der Waals surface area (Å²) in [6.07, 6.45) is 0. The van der Waals surface area contributed by atoms with Gasteiger partial charge in [0.25, 0.3) is 0 Å². The normalized spacial score (nSPS) is 10.4. The highest BCUT2D eigenvalue weighted by molar-refractivity contribution is 5.89. The van der Waals surface area contributed by atoms with Crippen LogP contribution < -0.4 is 16.4 Å². The van der Waals surface area contributed by atoms with Gasteiger partial charge in [0.2, 0.25) is 0 Å². The van der Waals surface area contributed by atoms with E-state index in [-0.39, 0.29) is 6.03 Å². The molecule has 0 saturated carbocycles. The molecule has 1 aromatic rings. The molecule has 100 valence electrons. The molecule has 5 nitrogen and oxygen atoms in total. The lowest BCUT2D eigenvalue weighted by molar-refractivity contribution is 0.113. The summed E-state index contributed by atoms with van der Waals surface area (Å²) in [5, 5.41) is 5.42. The van der Waals surface area contributed by atoms with Gasteiger partial charge in [-0.3, -0.25) is 0 Å². The van der Waals surface area contributed by atoms with Crippen molar-refractivity contribution in [2.24, 2.45) is 5.92 Å². The Hall–Kier alpha value is -1.75. The third-order valence-corrected chi connectivity index (χ3v) is 2.15. The van der Waals surface area contributed by atoms with E-state index in [2.05, 4.69) is 24.5 Å². The minimum atomic E-state index is -0.243. The maximum absolute atomic E-state index is 11.5. The SMILES string of the molecule is CC(C)COCCNC(=O)Nc1ccc(N)cc1. The molecule has 0 radical (unpaired) electrons. The van der Waals surface area contributed by atoms with Crippen molar-refractivity contribution in [3.63, 3.8) is 0 Å². The van der Waals surface area contributed by atoms with Gasteiger partial charge in [-0.1, -0.05) is 13.8 Å². The number of nitrogens with one attached hydrogen (secondary N) is 2. The molecule has 1 rings (SSSR count). The molecule has 4 N–H and O–H groups in total. The van der Waals surface area contributed by atoms with E-state index < -0.39 is 0 Å². The molecule has 0 unspecified atom stereocenters. The predicted molar refractivity (Wildman–Crippen MR) is 73.5 cm³/mol. The number of carbonyl (C=O) groups excluding carboxylic acids is 1. The number of nitrogens with two attached hydrogens (primary N) is 1. The van der Waals surface area contributed by atoms with Crippen LogP contribution in [0.3, 0.4) is 0 Å². The van der Waals surface area contributed by atoms with E-state index in [0.29, 0.717) is 37.1 Å². The van der Waals surface area contributed by atoms with E-state index in [1.807, 2.05) is 0 Å². The molecule has 1 aromatic carbocycles. The molecule has 5 heteroatoms. The van der Waals surface area contributed by atoms with Gasteiger partial charge >= 0.3 is 6.03 Å². The zero-order valence-corrected chi connectivity index (χ0v) is 10.9. The second-order valence-electron chi connectivity index (χ2n) is 4.47. The lowest BCUT2D eigenvalue weighted by atomic mass is 10.2. The zero-order chi connectivity index (χ0) is 13.4. The molecule has 0 aliphatic heterocycles. The maximum atomic E-state index is 11.5. The summed E-state index contributed by atoms with van der Waals surface area (Å²) >= 11 is 0. The first-order chi connectivity index (χ1) is 8.58. The van der Waals surface area contributed by atoms with E-state index >= 15 is 0 Å². The van der Waals surface area contributed by atoms with Crippen molar-refractivity contribution in [3.8, 4) is 0 Å². The van der Waals surface area contributed by atoms with Crippen molar-refractivity contribution in [2.45, 2.75) is 13.8 Å². The number of hydrogen-bond acceptors (Lipinski definition) is 3. The highest BCUT2D eigenvalue weighted by Crippen LogP contribution is 2.09. The fourth-order valence-electron chi connectivity index (χ4n) is 1.30. The van der Waals surface area contributed by atoms with Crippen LogP contribution in [0, 0.1) is 5.92 Å². The largest absolute Gasteiger partial charge is 0.399 e. The second kappa shape index (κ2) is 7.55. The van der Waals surface area contributed by atoms with Crippen LogP contribution in [0.25, 0.3) is 0 Å². The summed E-state index contributed by atoms with van der Waals surface area (Å²) in [6, 6.07) is 6.74. The Balaban J connectivity index is 2.16. The summed E-state index contributed by atoms with van der Waals surface area (Å²) in [5.41, 5.74) is 6.93. The molecular weight excluding hydrogens is 230 g/mol. The Labute approximate surface area is 108 Å². The summed E-state index contributed by atoms with van der Waals surface area (Å²) in [5.74, 6) is 0.508. The van der Waals surface area contributed by atoms with E-state index in [1.165, 1.54) is 0 Å². The van der Waals surface area contributed by atoms with E-state index in [9.17, 15) is 4.79 Å². The lowest BCUT2D eigenvalue weighted by Crippen LogP contribution is -2.31. The first-order valence-corrected chi connectivity index (χ1v) is 6.06. The van der Waals surface area contributed by atoms with Crippen molar-refractivity contribution in [2.75, 3.05) is 30.8 Å². The Morgan fingerprint density at radius 1 is 1.33 bits per heavy atom. The van der Waals surface area contributed by atoms with Crippen LogP contribution in [0.4, 0.5) is 16.2 Å². The van der Waals surface area contributed by atoms with Crippen LogP contribution in [0.2, 0.25) is 0 Å². The molecule has 0 atom stereocenters. The first-order valence-electron chi connectivity index (χ1n) is 6.06. The Bertz CT molecular complexity index is 363. The average Bonchev–Trinajstić information content (AvgIpc) is 2.31. The predicted octanol–water partition coefficient (Wildman–Crippen LogP) is 2.06. The van der Waals surface area contributed by atoms with E-state index in [4.69, 9.17) is 10.5 Å². The number of benzene rings is 1. The Morgan fingerprint density at radius 2 is 2.00 bits per heavy atom. The lowest BCUT2D eigenvalue weighted by Gasteiger charge is -2.09. The van der Waals surface area contributed by atoms with Crippen molar-refractivity contribution in [1.29, 1.82) is 0 Å². The second-order valence-corrected chi connectivity index (χ2v) is 4.47. The molecule has 0 bridgehead atoms. The average molecular weight is 251 g/mol. The summed E-state index contributed by atoms with van der Waals surface area (Å²) in [7, 11) is 0. The number of nitrogen functional groups attached to an aromatic ring is 1. The van der Waals surface area contributed by atoms with E-state index in [0.717, 1.165) is 0 Å². The summed E-state index contributed by atoms with van der Waals surface area (Å²) in [6.45, 7) is 5.89. The maximum Gasteiger partial charge on any atom is 0.319 e. The topological polar surface area (TPSA) is 76.4 Å². The molecule has 2 amide bonds. The number of urea groups is 1. The van der Waals surface area contributed by atoms with Gasteiger partial charge in [-0.15, -0.1) is 0 Å². The molecule has 0 spiro atoms. The number of carbonyl (C=O) groups is 1. The zero-order valence-electron chi connectivity index (χ0n) is 10.9. The smallest absolute Gasteiger partial charge is 0.319 e. The Kier molecular flexibility index (Phi) is 6.00. The highest BCUT2D eigenvalue weighted by atomic mass is 16.5. The van der Waals surface area contributed by atoms with Crippen LogP contribution in [0.1, 0.15) is 13.8 Å². The van der Waals surface area contributed by atoms with Crippen LogP contribution in [0.15, 0.2) is 24.3 Å². The van der Waals surface area contributed by atoms with Gasteiger partial charge in [-0.2, -0.15) is 0 Å². The Morgan fingerprint density at radius 3 is 2.61 bits per heavy atom. The fraction of sp³-hybridized carbons (Fsp3) is 0.462. The van der Waals surface area contributed by atoms with Crippen molar-refractivity contribution in [1.82, 2.24) is 5.32 Å². The van der Waals surface area contributed by atoms with Gasteiger partial charge in [-0.05, 0) is 30.2 Å². The first kappa shape index (κ1) is 14.3. The quantitative estimate of drug-likeness (QED) is 0.535. The number of amides is 2. The van der Waals surface area contributed by atoms with E-state index in [1.54, 1.807) is 24.3 Å².